The number of esters is 1. The van der Waals surface area contributed by atoms with Crippen LogP contribution in [0.15, 0.2) is 29.5 Å². The summed E-state index contributed by atoms with van der Waals surface area (Å²) in [5, 5.41) is 0. The van der Waals surface area contributed by atoms with E-state index in [0.717, 1.165) is 0 Å². The quantitative estimate of drug-likeness (QED) is 0.349. The van der Waals surface area contributed by atoms with Crippen LogP contribution in [0.25, 0.3) is 0 Å². The zero-order valence-corrected chi connectivity index (χ0v) is 12.0. The molecule has 4 heteroatoms. The minimum atomic E-state index is -0.276. The zero-order chi connectivity index (χ0) is 8.10. The summed E-state index contributed by atoms with van der Waals surface area (Å²) in [5.41, 5.74) is 3.40. The average molecular weight is 294 g/mol. The van der Waals surface area contributed by atoms with Gasteiger partial charge in [-0.15, -0.1) is 5.73 Å². The number of carbonyl (C=O) groups excluding carboxylic acids is 1. The van der Waals surface area contributed by atoms with Crippen LogP contribution in [-0.4, -0.2) is 12.6 Å². The summed E-state index contributed by atoms with van der Waals surface area (Å²) < 4.78 is 4.78. The summed E-state index contributed by atoms with van der Waals surface area (Å²) in [5.74, 6) is -0.276. The van der Waals surface area contributed by atoms with Gasteiger partial charge < -0.3 is 21.7 Å². The van der Waals surface area contributed by atoms with Crippen LogP contribution in [0.2, 0.25) is 0 Å². The molecule has 1 radical (unpaired) electrons. The van der Waals surface area contributed by atoms with Gasteiger partial charge in [0.25, 0.3) is 0 Å². The Labute approximate surface area is 101 Å². The van der Waals surface area contributed by atoms with Crippen molar-refractivity contribution in [2.24, 2.45) is 0 Å². The third-order valence-electron chi connectivity index (χ3n) is 1.23. The summed E-state index contributed by atoms with van der Waals surface area (Å²) >= 11 is 0. The van der Waals surface area contributed by atoms with Gasteiger partial charge in [-0.1, -0.05) is 0 Å². The van der Waals surface area contributed by atoms with Crippen LogP contribution in [0.1, 0.15) is 6.92 Å². The van der Waals surface area contributed by atoms with Crippen LogP contribution in [0.3, 0.4) is 0 Å². The van der Waals surface area contributed by atoms with Gasteiger partial charge in [0.15, 0.2) is 0 Å². The predicted octanol–water partition coefficient (Wildman–Crippen LogP) is -1.59. The molecule has 0 bridgehead atoms. The van der Waals surface area contributed by atoms with Gasteiger partial charge in [-0.25, -0.2) is 4.79 Å². The van der Waals surface area contributed by atoms with Crippen molar-refractivity contribution in [1.29, 1.82) is 0 Å². The molecule has 2 nitrogen and oxygen atoms in total. The third-order valence-corrected chi connectivity index (χ3v) is 1.23. The van der Waals surface area contributed by atoms with E-state index in [-0.39, 0.29) is 42.4 Å². The van der Waals surface area contributed by atoms with E-state index in [1.807, 2.05) is 0 Å². The Kier molecular flexibility index (Phi) is 9.93. The summed E-state index contributed by atoms with van der Waals surface area (Å²) in [6.07, 6.45) is 6.73. The molecule has 67 valence electrons. The maximum absolute atomic E-state index is 11.0. The molecule has 0 aromatic rings. The summed E-state index contributed by atoms with van der Waals surface area (Å²) in [7, 11) is 0. The van der Waals surface area contributed by atoms with E-state index >= 15 is 0 Å². The van der Waals surface area contributed by atoms with E-state index in [0.29, 0.717) is 12.2 Å². The topological polar surface area (TPSA) is 26.3 Å². The van der Waals surface area contributed by atoms with Crippen LogP contribution >= 0.6 is 0 Å². The molecule has 0 saturated carbocycles. The first kappa shape index (κ1) is 15.3. The maximum Gasteiger partial charge on any atom is 0.334 e. The van der Waals surface area contributed by atoms with Gasteiger partial charge in [-0.3, -0.25) is 0 Å². The molecule has 0 N–H and O–H groups in total. The summed E-state index contributed by atoms with van der Waals surface area (Å²) in [4.78, 5) is 11.0. The molecule has 0 spiro atoms. The van der Waals surface area contributed by atoms with Gasteiger partial charge in [0.05, 0.1) is 6.61 Å². The van der Waals surface area contributed by atoms with Crippen molar-refractivity contribution < 1.29 is 46.0 Å². The second kappa shape index (κ2) is 8.43. The number of hydrogen-bond acceptors (Lipinski definition) is 2. The molecular weight excluding hydrogens is 285 g/mol. The van der Waals surface area contributed by atoms with E-state index < -0.39 is 0 Å². The first-order valence-electron chi connectivity index (χ1n) is 3.48. The average Bonchev–Trinajstić information content (AvgIpc) is 2.07. The molecule has 0 unspecified atom stereocenters. The molecule has 0 atom stereocenters. The molecule has 0 heterocycles. The van der Waals surface area contributed by atoms with Crippen LogP contribution in [-0.2, 0) is 29.0 Å². The Morgan fingerprint density at radius 3 is 2.69 bits per heavy atom. The van der Waals surface area contributed by atoms with Crippen molar-refractivity contribution >= 4 is 5.97 Å². The Morgan fingerprint density at radius 1 is 1.54 bits per heavy atom. The van der Waals surface area contributed by atoms with E-state index in [1.54, 1.807) is 31.6 Å². The minimum absolute atomic E-state index is 0. The van der Waals surface area contributed by atoms with Gasteiger partial charge >= 0.3 is 5.97 Å². The number of allylic oxidation sites excluding steroid dienone is 2. The standard InChI is InChI=1S/C9H9O2.BrH.Zn/c1-2-11-9(10)8-6-4-3-5-7-8;;/h4-7H,2H2,1H3;1H;/p-1. The molecule has 1 aliphatic rings. The molecule has 0 fully saturated rings. The number of hydrogen-bond donors (Lipinski definition) is 0. The van der Waals surface area contributed by atoms with Crippen LogP contribution in [0.5, 0.6) is 0 Å². The second-order valence-electron chi connectivity index (χ2n) is 2.01. The van der Waals surface area contributed by atoms with E-state index in [4.69, 9.17) is 4.74 Å². The molecule has 0 aromatic carbocycles. The van der Waals surface area contributed by atoms with Crippen molar-refractivity contribution in [2.75, 3.05) is 6.61 Å². The number of rotatable bonds is 2. The van der Waals surface area contributed by atoms with Crippen molar-refractivity contribution in [3.8, 4) is 0 Å². The van der Waals surface area contributed by atoms with Gasteiger partial charge in [-0.2, -0.15) is 0 Å². The smallest absolute Gasteiger partial charge is 0.334 e. The summed E-state index contributed by atoms with van der Waals surface area (Å²) in [6, 6.07) is 0. The summed E-state index contributed by atoms with van der Waals surface area (Å²) in [6.45, 7) is 2.20. The number of ether oxygens (including phenoxy) is 1. The van der Waals surface area contributed by atoms with Crippen molar-refractivity contribution in [3.05, 3.63) is 36.0 Å². The predicted molar refractivity (Wildman–Crippen MR) is 41.7 cm³/mol. The molecule has 0 aliphatic heterocycles. The molecule has 1 aliphatic carbocycles. The zero-order valence-electron chi connectivity index (χ0n) is 7.42. The van der Waals surface area contributed by atoms with Crippen LogP contribution < -0.4 is 17.0 Å². The Balaban J connectivity index is 0. The second-order valence-corrected chi connectivity index (χ2v) is 2.01. The van der Waals surface area contributed by atoms with Gasteiger partial charge in [-0.05, 0) is 25.2 Å². The van der Waals surface area contributed by atoms with Gasteiger partial charge in [0.1, 0.15) is 0 Å². The van der Waals surface area contributed by atoms with Crippen molar-refractivity contribution in [1.82, 2.24) is 0 Å². The number of carbonyl (C=O) groups is 1. The molecule has 0 amide bonds. The van der Waals surface area contributed by atoms with Crippen LogP contribution in [0.4, 0.5) is 0 Å². The van der Waals surface area contributed by atoms with Gasteiger partial charge in [0, 0.05) is 31.5 Å². The fourth-order valence-corrected chi connectivity index (χ4v) is 0.737. The monoisotopic (exact) mass is 292 g/mol. The fourth-order valence-electron chi connectivity index (χ4n) is 0.737. The minimum Gasteiger partial charge on any atom is -1.00 e. The maximum atomic E-state index is 11.0. The molecular formula is C9H9BrO2Zn-. The number of halogens is 1. The molecule has 0 aromatic heterocycles. The van der Waals surface area contributed by atoms with Crippen LogP contribution in [0, 0.1) is 6.42 Å². The Bertz CT molecular complexity index is 252. The Hall–Kier alpha value is -0.167. The largest absolute Gasteiger partial charge is 1.00 e. The third kappa shape index (κ3) is 5.20. The molecule has 0 saturated heterocycles. The van der Waals surface area contributed by atoms with Crippen molar-refractivity contribution in [2.45, 2.75) is 6.92 Å². The van der Waals surface area contributed by atoms with Gasteiger partial charge in [0.2, 0.25) is 0 Å². The first-order chi connectivity index (χ1) is 5.34. The van der Waals surface area contributed by atoms with E-state index in [1.165, 1.54) is 0 Å². The van der Waals surface area contributed by atoms with E-state index in [9.17, 15) is 4.79 Å². The Morgan fingerprint density at radius 2 is 2.23 bits per heavy atom. The molecule has 13 heavy (non-hydrogen) atoms. The van der Waals surface area contributed by atoms with Crippen molar-refractivity contribution in [3.63, 3.8) is 0 Å². The first-order valence-corrected chi connectivity index (χ1v) is 3.48. The SMILES string of the molecule is CCOC(=O)C1=CC=C=C[CH]1.[Br-].[Zn]. The molecule has 1 rings (SSSR count). The fraction of sp³-hybridized carbons (Fsp3) is 0.222. The van der Waals surface area contributed by atoms with E-state index in [2.05, 4.69) is 5.73 Å². The normalized spacial score (nSPS) is 12.2.